The first kappa shape index (κ1) is 16.4. The Labute approximate surface area is 141 Å². The van der Waals surface area contributed by atoms with Crippen LogP contribution in [0.5, 0.6) is 0 Å². The van der Waals surface area contributed by atoms with Crippen molar-refractivity contribution in [3.63, 3.8) is 0 Å². The summed E-state index contributed by atoms with van der Waals surface area (Å²) in [5.74, 6) is 0. The highest BCUT2D eigenvalue weighted by atomic mass is 16.5. The minimum absolute atomic E-state index is 0.169. The Morgan fingerprint density at radius 2 is 2.12 bits per heavy atom. The van der Waals surface area contributed by atoms with Gasteiger partial charge in [0.1, 0.15) is 5.69 Å². The van der Waals surface area contributed by atoms with Crippen LogP contribution >= 0.6 is 0 Å². The van der Waals surface area contributed by atoms with Crippen LogP contribution in [0.3, 0.4) is 0 Å². The van der Waals surface area contributed by atoms with Gasteiger partial charge in [-0.25, -0.2) is 9.48 Å². The lowest BCUT2D eigenvalue weighted by molar-refractivity contribution is 0.107. The Kier molecular flexibility index (Phi) is 5.10. The van der Waals surface area contributed by atoms with Gasteiger partial charge in [0.15, 0.2) is 0 Å². The fourth-order valence-corrected chi connectivity index (χ4v) is 2.96. The van der Waals surface area contributed by atoms with E-state index in [-0.39, 0.29) is 24.2 Å². The molecule has 7 nitrogen and oxygen atoms in total. The summed E-state index contributed by atoms with van der Waals surface area (Å²) in [4.78, 5) is 12.1. The smallest absolute Gasteiger partial charge is 0.315 e. The predicted molar refractivity (Wildman–Crippen MR) is 89.9 cm³/mol. The van der Waals surface area contributed by atoms with E-state index in [0.29, 0.717) is 0 Å². The van der Waals surface area contributed by atoms with Crippen LogP contribution in [0.4, 0.5) is 4.79 Å². The predicted octanol–water partition coefficient (Wildman–Crippen LogP) is 2.20. The molecule has 1 fully saturated rings. The number of nitrogens with zero attached hydrogens (tertiary/aromatic N) is 3. The van der Waals surface area contributed by atoms with Gasteiger partial charge in [0.25, 0.3) is 0 Å². The zero-order chi connectivity index (χ0) is 16.9. The first-order valence-electron chi connectivity index (χ1n) is 8.23. The van der Waals surface area contributed by atoms with Gasteiger partial charge in [-0.15, -0.1) is 5.10 Å². The molecule has 2 aromatic rings. The van der Waals surface area contributed by atoms with Crippen molar-refractivity contribution in [2.75, 3.05) is 7.11 Å². The number of urea groups is 1. The second-order valence-corrected chi connectivity index (χ2v) is 6.13. The van der Waals surface area contributed by atoms with Crippen LogP contribution in [0.1, 0.15) is 37.9 Å². The summed E-state index contributed by atoms with van der Waals surface area (Å²) >= 11 is 0. The summed E-state index contributed by atoms with van der Waals surface area (Å²) in [6, 6.07) is 9.52. The van der Waals surface area contributed by atoms with Crippen molar-refractivity contribution in [1.29, 1.82) is 0 Å². The molecule has 1 saturated carbocycles. The number of para-hydroxylation sites is 1. The van der Waals surface area contributed by atoms with Crippen molar-refractivity contribution in [1.82, 2.24) is 25.6 Å². The third-order valence-corrected chi connectivity index (χ3v) is 4.38. The molecule has 1 aromatic heterocycles. The molecule has 2 N–H and O–H groups in total. The van der Waals surface area contributed by atoms with E-state index >= 15 is 0 Å². The van der Waals surface area contributed by atoms with Gasteiger partial charge in [-0.1, -0.05) is 23.4 Å². The molecule has 0 unspecified atom stereocenters. The molecule has 3 atom stereocenters. The molecule has 24 heavy (non-hydrogen) atoms. The molecule has 2 amide bonds. The summed E-state index contributed by atoms with van der Waals surface area (Å²) in [6.07, 6.45) is 4.88. The van der Waals surface area contributed by atoms with E-state index in [2.05, 4.69) is 20.9 Å². The molecule has 0 bridgehead atoms. The number of nitrogens with one attached hydrogen (secondary N) is 2. The van der Waals surface area contributed by atoms with E-state index in [1.807, 2.05) is 43.5 Å². The van der Waals surface area contributed by atoms with Gasteiger partial charge >= 0.3 is 6.03 Å². The molecule has 3 rings (SSSR count). The number of ether oxygens (including phenoxy) is 1. The maximum atomic E-state index is 12.1. The highest BCUT2D eigenvalue weighted by molar-refractivity contribution is 5.74. The van der Waals surface area contributed by atoms with E-state index in [4.69, 9.17) is 4.74 Å². The molecular formula is C17H23N5O2. The van der Waals surface area contributed by atoms with E-state index in [1.165, 1.54) is 0 Å². The van der Waals surface area contributed by atoms with Gasteiger partial charge in [0.2, 0.25) is 0 Å². The normalized spacial score (nSPS) is 21.4. The van der Waals surface area contributed by atoms with Gasteiger partial charge < -0.3 is 15.4 Å². The Morgan fingerprint density at radius 3 is 2.83 bits per heavy atom. The highest BCUT2D eigenvalue weighted by Gasteiger charge is 2.26. The van der Waals surface area contributed by atoms with Crippen LogP contribution in [0.15, 0.2) is 36.5 Å². The average Bonchev–Trinajstić information content (AvgIpc) is 3.24. The summed E-state index contributed by atoms with van der Waals surface area (Å²) in [5.41, 5.74) is 1.65. The Bertz CT molecular complexity index is 673. The minimum Gasteiger partial charge on any atom is -0.381 e. The fraction of sp³-hybridized carbons (Fsp3) is 0.471. The van der Waals surface area contributed by atoms with Crippen molar-refractivity contribution >= 4 is 6.03 Å². The minimum atomic E-state index is -0.220. The number of methoxy groups -OCH3 is 1. The lowest BCUT2D eigenvalue weighted by Crippen LogP contribution is -2.42. The van der Waals surface area contributed by atoms with Crippen LogP contribution < -0.4 is 10.6 Å². The SMILES string of the molecule is CO[C@@H]1CC[C@H](NC(=O)N[C@H](C)c2cn(-c3ccccc3)nn2)C1. The number of carbonyl (C=O) groups is 1. The topological polar surface area (TPSA) is 81.1 Å². The zero-order valence-corrected chi connectivity index (χ0v) is 14.0. The first-order valence-corrected chi connectivity index (χ1v) is 8.23. The monoisotopic (exact) mass is 329 g/mol. The molecule has 0 aliphatic heterocycles. The largest absolute Gasteiger partial charge is 0.381 e. The summed E-state index contributed by atoms with van der Waals surface area (Å²) in [7, 11) is 1.71. The summed E-state index contributed by atoms with van der Waals surface area (Å²) in [6.45, 7) is 1.89. The van der Waals surface area contributed by atoms with Gasteiger partial charge in [-0.2, -0.15) is 0 Å². The molecule has 7 heteroatoms. The Morgan fingerprint density at radius 1 is 1.33 bits per heavy atom. The van der Waals surface area contributed by atoms with E-state index in [0.717, 1.165) is 30.6 Å². The number of hydrogen-bond acceptors (Lipinski definition) is 4. The number of benzene rings is 1. The second kappa shape index (κ2) is 7.44. The molecule has 0 saturated heterocycles. The number of aromatic nitrogens is 3. The Hall–Kier alpha value is -2.41. The number of amides is 2. The molecular weight excluding hydrogens is 306 g/mol. The number of hydrogen-bond donors (Lipinski definition) is 2. The van der Waals surface area contributed by atoms with Gasteiger partial charge in [0.05, 0.1) is 24.0 Å². The summed E-state index contributed by atoms with van der Waals surface area (Å²) < 4.78 is 7.03. The summed E-state index contributed by atoms with van der Waals surface area (Å²) in [5, 5.41) is 14.2. The van der Waals surface area contributed by atoms with Crippen LogP contribution in [-0.4, -0.2) is 40.3 Å². The number of carbonyl (C=O) groups excluding carboxylic acids is 1. The second-order valence-electron chi connectivity index (χ2n) is 6.13. The molecule has 0 spiro atoms. The standard InChI is InChI=1S/C17H23N5O2/c1-12(18-17(23)19-13-8-9-15(10-13)24-2)16-11-22(21-20-16)14-6-4-3-5-7-14/h3-7,11-13,15H,8-10H2,1-2H3,(H2,18,19,23)/t12-,13+,15-/m1/s1. The van der Waals surface area contributed by atoms with Crippen molar-refractivity contribution in [3.8, 4) is 5.69 Å². The lowest BCUT2D eigenvalue weighted by atomic mass is 10.2. The third-order valence-electron chi connectivity index (χ3n) is 4.38. The Balaban J connectivity index is 1.54. The first-order chi connectivity index (χ1) is 11.7. The molecule has 1 aromatic carbocycles. The van der Waals surface area contributed by atoms with E-state index < -0.39 is 0 Å². The van der Waals surface area contributed by atoms with Crippen molar-refractivity contribution < 1.29 is 9.53 Å². The zero-order valence-electron chi connectivity index (χ0n) is 14.0. The van der Waals surface area contributed by atoms with E-state index in [1.54, 1.807) is 11.8 Å². The molecule has 0 radical (unpaired) electrons. The maximum absolute atomic E-state index is 12.1. The maximum Gasteiger partial charge on any atom is 0.315 e. The van der Waals surface area contributed by atoms with Gasteiger partial charge in [0, 0.05) is 13.2 Å². The van der Waals surface area contributed by atoms with Crippen molar-refractivity contribution in [3.05, 3.63) is 42.2 Å². The quantitative estimate of drug-likeness (QED) is 0.881. The highest BCUT2D eigenvalue weighted by Crippen LogP contribution is 2.21. The van der Waals surface area contributed by atoms with Crippen LogP contribution in [0.25, 0.3) is 5.69 Å². The van der Waals surface area contributed by atoms with Gasteiger partial charge in [-0.05, 0) is 38.3 Å². The fourth-order valence-electron chi connectivity index (χ4n) is 2.96. The number of rotatable bonds is 5. The van der Waals surface area contributed by atoms with Crippen LogP contribution in [-0.2, 0) is 4.74 Å². The van der Waals surface area contributed by atoms with E-state index in [9.17, 15) is 4.79 Å². The average molecular weight is 329 g/mol. The molecule has 1 aliphatic carbocycles. The van der Waals surface area contributed by atoms with Gasteiger partial charge in [-0.3, -0.25) is 0 Å². The molecule has 128 valence electrons. The third kappa shape index (κ3) is 3.91. The lowest BCUT2D eigenvalue weighted by Gasteiger charge is -2.16. The van der Waals surface area contributed by atoms with Crippen LogP contribution in [0.2, 0.25) is 0 Å². The van der Waals surface area contributed by atoms with Crippen LogP contribution in [0, 0.1) is 0 Å². The molecule has 1 heterocycles. The molecule has 1 aliphatic rings. The van der Waals surface area contributed by atoms with Crippen molar-refractivity contribution in [2.24, 2.45) is 0 Å². The van der Waals surface area contributed by atoms with Crippen molar-refractivity contribution in [2.45, 2.75) is 44.4 Å².